The first-order valence-corrected chi connectivity index (χ1v) is 7.04. The van der Waals surface area contributed by atoms with E-state index in [1.807, 2.05) is 30.3 Å². The lowest BCUT2D eigenvalue weighted by Crippen LogP contribution is -2.35. The molecule has 0 heterocycles. The van der Waals surface area contributed by atoms with Gasteiger partial charge in [-0.15, -0.1) is 0 Å². The Bertz CT molecular complexity index is 426. The van der Waals surface area contributed by atoms with Gasteiger partial charge in [-0.2, -0.15) is 0 Å². The van der Waals surface area contributed by atoms with Gasteiger partial charge in [0, 0.05) is 13.1 Å². The van der Waals surface area contributed by atoms with E-state index < -0.39 is 12.0 Å². The summed E-state index contributed by atoms with van der Waals surface area (Å²) in [5.41, 5.74) is 6.58. The zero-order chi connectivity index (χ0) is 14.8. The van der Waals surface area contributed by atoms with Gasteiger partial charge in [-0.25, -0.2) is 0 Å². The first-order valence-electron chi connectivity index (χ1n) is 6.63. The van der Waals surface area contributed by atoms with Gasteiger partial charge in [-0.3, -0.25) is 4.79 Å². The van der Waals surface area contributed by atoms with Crippen molar-refractivity contribution in [1.82, 2.24) is 10.6 Å². The van der Waals surface area contributed by atoms with E-state index in [4.69, 9.17) is 23.1 Å². The molecule has 0 bridgehead atoms. The highest BCUT2D eigenvalue weighted by Crippen LogP contribution is 1.99. The maximum atomic E-state index is 10.5. The smallest absolute Gasteiger partial charge is 0.320 e. The summed E-state index contributed by atoms with van der Waals surface area (Å²) in [4.78, 5) is 10.5. The summed E-state index contributed by atoms with van der Waals surface area (Å²) in [6.45, 7) is 1.41. The SMILES string of the molecule is N[C@@H](CCCCNC(=S)NCc1ccccc1)C(=O)O. The van der Waals surface area contributed by atoms with Crippen LogP contribution in [0.15, 0.2) is 30.3 Å². The lowest BCUT2D eigenvalue weighted by atomic mass is 10.1. The number of thiocarbonyl (C=S) groups is 1. The maximum Gasteiger partial charge on any atom is 0.320 e. The van der Waals surface area contributed by atoms with Gasteiger partial charge < -0.3 is 21.5 Å². The molecule has 0 saturated carbocycles. The van der Waals surface area contributed by atoms with Crippen molar-refractivity contribution < 1.29 is 9.90 Å². The Hall–Kier alpha value is -1.66. The van der Waals surface area contributed by atoms with Crippen LogP contribution in [0.2, 0.25) is 0 Å². The highest BCUT2D eigenvalue weighted by molar-refractivity contribution is 7.80. The van der Waals surface area contributed by atoms with Crippen LogP contribution < -0.4 is 16.4 Å². The molecule has 5 nitrogen and oxygen atoms in total. The van der Waals surface area contributed by atoms with Crippen LogP contribution in [-0.2, 0) is 11.3 Å². The number of nitrogens with one attached hydrogen (secondary N) is 2. The Balaban J connectivity index is 2.05. The quantitative estimate of drug-likeness (QED) is 0.426. The first-order chi connectivity index (χ1) is 9.59. The summed E-state index contributed by atoms with van der Waals surface area (Å²) in [5, 5.41) is 15.4. The van der Waals surface area contributed by atoms with Crippen LogP contribution in [0.1, 0.15) is 24.8 Å². The van der Waals surface area contributed by atoms with Gasteiger partial charge in [-0.1, -0.05) is 30.3 Å². The lowest BCUT2D eigenvalue weighted by molar-refractivity contribution is -0.138. The first kappa shape index (κ1) is 16.4. The van der Waals surface area contributed by atoms with Crippen molar-refractivity contribution in [1.29, 1.82) is 0 Å². The maximum absolute atomic E-state index is 10.5. The number of carbonyl (C=O) groups is 1. The monoisotopic (exact) mass is 295 g/mol. The molecule has 0 radical (unpaired) electrons. The minimum Gasteiger partial charge on any atom is -0.480 e. The van der Waals surface area contributed by atoms with Gasteiger partial charge in [0.2, 0.25) is 0 Å². The van der Waals surface area contributed by atoms with Crippen molar-refractivity contribution in [2.24, 2.45) is 5.73 Å². The molecule has 110 valence electrons. The molecule has 0 unspecified atom stereocenters. The number of carboxylic acids is 1. The van der Waals surface area contributed by atoms with E-state index in [2.05, 4.69) is 10.6 Å². The predicted molar refractivity (Wildman–Crippen MR) is 83.3 cm³/mol. The Morgan fingerprint density at radius 3 is 2.60 bits per heavy atom. The normalized spacial score (nSPS) is 11.7. The molecule has 0 aliphatic rings. The molecule has 1 atom stereocenters. The Kier molecular flexibility index (Phi) is 7.60. The van der Waals surface area contributed by atoms with Gasteiger partial charge in [-0.05, 0) is 37.0 Å². The van der Waals surface area contributed by atoms with E-state index in [1.54, 1.807) is 0 Å². The molecule has 0 saturated heterocycles. The number of nitrogens with two attached hydrogens (primary N) is 1. The third-order valence-electron chi connectivity index (χ3n) is 2.84. The van der Waals surface area contributed by atoms with E-state index in [-0.39, 0.29) is 0 Å². The number of benzene rings is 1. The van der Waals surface area contributed by atoms with Gasteiger partial charge in [0.15, 0.2) is 5.11 Å². The second-order valence-electron chi connectivity index (χ2n) is 4.54. The molecular formula is C14H21N3O2S. The average molecular weight is 295 g/mol. The molecule has 0 aliphatic heterocycles. The van der Waals surface area contributed by atoms with E-state index in [0.717, 1.165) is 12.8 Å². The molecule has 5 N–H and O–H groups in total. The summed E-state index contributed by atoms with van der Waals surface area (Å²) in [5.74, 6) is -0.946. The number of rotatable bonds is 8. The molecule has 6 heteroatoms. The molecule has 1 aromatic carbocycles. The minimum absolute atomic E-state index is 0.487. The van der Waals surface area contributed by atoms with Crippen molar-refractivity contribution in [3.8, 4) is 0 Å². The molecule has 1 rings (SSSR count). The summed E-state index contributed by atoms with van der Waals surface area (Å²) >= 11 is 5.15. The summed E-state index contributed by atoms with van der Waals surface area (Å²) in [7, 11) is 0. The number of unbranched alkanes of at least 4 members (excludes halogenated alkanes) is 1. The van der Waals surface area contributed by atoms with Crippen LogP contribution in [0.3, 0.4) is 0 Å². The van der Waals surface area contributed by atoms with Crippen molar-refractivity contribution in [3.05, 3.63) is 35.9 Å². The Labute approximate surface area is 124 Å². The third-order valence-corrected chi connectivity index (χ3v) is 3.13. The predicted octanol–water partition coefficient (Wildman–Crippen LogP) is 1.23. The van der Waals surface area contributed by atoms with E-state index in [1.165, 1.54) is 5.56 Å². The Morgan fingerprint density at radius 1 is 1.25 bits per heavy atom. The zero-order valence-electron chi connectivity index (χ0n) is 11.3. The second kappa shape index (κ2) is 9.28. The van der Waals surface area contributed by atoms with Gasteiger partial charge >= 0.3 is 5.97 Å². The fraction of sp³-hybridized carbons (Fsp3) is 0.429. The highest BCUT2D eigenvalue weighted by Gasteiger charge is 2.09. The van der Waals surface area contributed by atoms with Crippen molar-refractivity contribution in [2.75, 3.05) is 6.54 Å². The van der Waals surface area contributed by atoms with Crippen LogP contribution in [0.4, 0.5) is 0 Å². The fourth-order valence-corrected chi connectivity index (χ4v) is 1.83. The van der Waals surface area contributed by atoms with Crippen molar-refractivity contribution in [3.63, 3.8) is 0 Å². The van der Waals surface area contributed by atoms with Crippen molar-refractivity contribution >= 4 is 23.3 Å². The van der Waals surface area contributed by atoms with Gasteiger partial charge in [0.05, 0.1) is 0 Å². The van der Waals surface area contributed by atoms with Gasteiger partial charge in [0.1, 0.15) is 6.04 Å². The molecule has 0 aliphatic carbocycles. The topological polar surface area (TPSA) is 87.4 Å². The summed E-state index contributed by atoms with van der Waals surface area (Å²) in [6, 6.07) is 9.24. The van der Waals surface area contributed by atoms with Crippen molar-refractivity contribution in [2.45, 2.75) is 31.8 Å². The molecular weight excluding hydrogens is 274 g/mol. The highest BCUT2D eigenvalue weighted by atomic mass is 32.1. The van der Waals surface area contributed by atoms with Gasteiger partial charge in [0.25, 0.3) is 0 Å². The zero-order valence-corrected chi connectivity index (χ0v) is 12.2. The molecule has 0 amide bonds. The van der Waals surface area contributed by atoms with Crippen LogP contribution in [-0.4, -0.2) is 28.8 Å². The molecule has 0 aromatic heterocycles. The third kappa shape index (κ3) is 7.06. The number of carboxylic acid groups (broad SMARTS) is 1. The van der Waals surface area contributed by atoms with Crippen LogP contribution in [0.5, 0.6) is 0 Å². The number of hydrogen-bond acceptors (Lipinski definition) is 3. The molecule has 20 heavy (non-hydrogen) atoms. The van der Waals surface area contributed by atoms with E-state index in [9.17, 15) is 4.79 Å². The van der Waals surface area contributed by atoms with E-state index in [0.29, 0.717) is 24.6 Å². The standard InChI is InChI=1S/C14H21N3O2S/c15-12(13(18)19)8-4-5-9-16-14(20)17-10-11-6-2-1-3-7-11/h1-3,6-7,12H,4-5,8-10,15H2,(H,18,19)(H2,16,17,20)/t12-/m0/s1. The van der Waals surface area contributed by atoms with E-state index >= 15 is 0 Å². The summed E-state index contributed by atoms with van der Waals surface area (Å²) in [6.07, 6.45) is 2.09. The Morgan fingerprint density at radius 2 is 1.95 bits per heavy atom. The molecule has 0 fully saturated rings. The largest absolute Gasteiger partial charge is 0.480 e. The lowest BCUT2D eigenvalue weighted by Gasteiger charge is -2.11. The van der Waals surface area contributed by atoms with Crippen LogP contribution in [0, 0.1) is 0 Å². The molecule has 1 aromatic rings. The summed E-state index contributed by atoms with van der Waals surface area (Å²) < 4.78 is 0. The number of hydrogen-bond donors (Lipinski definition) is 4. The van der Waals surface area contributed by atoms with Crippen LogP contribution in [0.25, 0.3) is 0 Å². The van der Waals surface area contributed by atoms with Crippen LogP contribution >= 0.6 is 12.2 Å². The minimum atomic E-state index is -0.946. The fourth-order valence-electron chi connectivity index (χ4n) is 1.66. The number of aliphatic carboxylic acids is 1. The second-order valence-corrected chi connectivity index (χ2v) is 4.94. The average Bonchev–Trinajstić information content (AvgIpc) is 2.45. The molecule has 0 spiro atoms.